The van der Waals surface area contributed by atoms with Gasteiger partial charge in [0.25, 0.3) is 0 Å². The third-order valence-corrected chi connectivity index (χ3v) is 3.17. The molecule has 1 aliphatic heterocycles. The average Bonchev–Trinajstić information content (AvgIpc) is 2.63. The fraction of sp³-hybridized carbons (Fsp3) is 0.417. The normalized spacial score (nSPS) is 20.7. The van der Waals surface area contributed by atoms with Gasteiger partial charge in [-0.05, 0) is 43.1 Å². The van der Waals surface area contributed by atoms with Gasteiger partial charge < -0.3 is 5.11 Å². The fourth-order valence-corrected chi connectivity index (χ4v) is 2.48. The molecular formula is C12H13ClFNO2. The zero-order chi connectivity index (χ0) is 12.4. The molecule has 1 aliphatic rings. The van der Waals surface area contributed by atoms with Crippen LogP contribution in [0.2, 0.25) is 5.02 Å². The van der Waals surface area contributed by atoms with Crippen molar-refractivity contribution >= 4 is 17.6 Å². The molecular weight excluding hydrogens is 245 g/mol. The minimum atomic E-state index is -0.815. The van der Waals surface area contributed by atoms with Crippen LogP contribution in [0.3, 0.4) is 0 Å². The summed E-state index contributed by atoms with van der Waals surface area (Å²) in [5, 5.41) is 9.37. The lowest BCUT2D eigenvalue weighted by Crippen LogP contribution is -2.35. The van der Waals surface area contributed by atoms with Crippen molar-refractivity contribution in [2.45, 2.75) is 25.4 Å². The standard InChI is InChI=1S/C12H13ClFNO2/c13-9-4-8(5-10(14)6-9)7-15-3-1-2-11(15)12(16)17/h4-6,11H,1-3,7H2,(H,16,17). The Hall–Kier alpha value is -1.13. The zero-order valence-electron chi connectivity index (χ0n) is 9.20. The van der Waals surface area contributed by atoms with Gasteiger partial charge in [0.1, 0.15) is 11.9 Å². The van der Waals surface area contributed by atoms with E-state index in [2.05, 4.69) is 0 Å². The summed E-state index contributed by atoms with van der Waals surface area (Å²) in [5.74, 6) is -1.21. The quantitative estimate of drug-likeness (QED) is 0.905. The molecule has 1 N–H and O–H groups in total. The highest BCUT2D eigenvalue weighted by Gasteiger charge is 2.30. The Labute approximate surface area is 104 Å². The first-order valence-corrected chi connectivity index (χ1v) is 5.86. The van der Waals surface area contributed by atoms with E-state index in [1.807, 2.05) is 4.90 Å². The number of nitrogens with zero attached hydrogens (tertiary/aromatic N) is 1. The Kier molecular flexibility index (Phi) is 3.64. The first-order valence-electron chi connectivity index (χ1n) is 5.48. The Morgan fingerprint density at radius 1 is 1.53 bits per heavy atom. The molecule has 1 aromatic rings. The number of carboxylic acids is 1. The molecule has 1 heterocycles. The second-order valence-electron chi connectivity index (χ2n) is 4.24. The van der Waals surface area contributed by atoms with Crippen LogP contribution in [0, 0.1) is 5.82 Å². The first-order chi connectivity index (χ1) is 8.06. The molecule has 0 aliphatic carbocycles. The summed E-state index contributed by atoms with van der Waals surface area (Å²) in [6.45, 7) is 1.15. The Bertz CT molecular complexity index is 418. The third-order valence-electron chi connectivity index (χ3n) is 2.96. The molecule has 1 atom stereocenters. The number of benzene rings is 1. The minimum Gasteiger partial charge on any atom is -0.480 e. The van der Waals surface area contributed by atoms with Crippen molar-refractivity contribution in [3.63, 3.8) is 0 Å². The van der Waals surface area contributed by atoms with Crippen molar-refractivity contribution in [3.05, 3.63) is 34.6 Å². The van der Waals surface area contributed by atoms with Gasteiger partial charge in [0.2, 0.25) is 0 Å². The molecule has 1 aromatic carbocycles. The monoisotopic (exact) mass is 257 g/mol. The molecule has 0 aromatic heterocycles. The molecule has 2 rings (SSSR count). The van der Waals surface area contributed by atoms with Crippen molar-refractivity contribution < 1.29 is 14.3 Å². The van der Waals surface area contributed by atoms with Crippen molar-refractivity contribution in [1.82, 2.24) is 4.90 Å². The molecule has 0 saturated carbocycles. The molecule has 1 fully saturated rings. The largest absolute Gasteiger partial charge is 0.480 e. The molecule has 0 spiro atoms. The number of hydrogen-bond acceptors (Lipinski definition) is 2. The van der Waals surface area contributed by atoms with Crippen molar-refractivity contribution in [3.8, 4) is 0 Å². The lowest BCUT2D eigenvalue weighted by atomic mass is 10.2. The van der Waals surface area contributed by atoms with E-state index in [0.717, 1.165) is 13.0 Å². The predicted octanol–water partition coefficient (Wildman–Crippen LogP) is 2.53. The number of hydrogen-bond donors (Lipinski definition) is 1. The van der Waals surface area contributed by atoms with Gasteiger partial charge in [0.05, 0.1) is 0 Å². The van der Waals surface area contributed by atoms with E-state index >= 15 is 0 Å². The molecule has 0 bridgehead atoms. The summed E-state index contributed by atoms with van der Waals surface area (Å²) < 4.78 is 13.1. The maximum atomic E-state index is 13.1. The SMILES string of the molecule is O=C(O)C1CCCN1Cc1cc(F)cc(Cl)c1. The zero-order valence-corrected chi connectivity index (χ0v) is 9.95. The van der Waals surface area contributed by atoms with Crippen molar-refractivity contribution in [1.29, 1.82) is 0 Å². The van der Waals surface area contributed by atoms with Crippen LogP contribution >= 0.6 is 11.6 Å². The molecule has 5 heteroatoms. The summed E-state index contributed by atoms with van der Waals surface area (Å²) in [5.41, 5.74) is 0.711. The minimum absolute atomic E-state index is 0.339. The van der Waals surface area contributed by atoms with Crippen LogP contribution in [0.15, 0.2) is 18.2 Å². The van der Waals surface area contributed by atoms with Crippen molar-refractivity contribution in [2.24, 2.45) is 0 Å². The highest BCUT2D eigenvalue weighted by atomic mass is 35.5. The number of rotatable bonds is 3. The summed E-state index contributed by atoms with van der Waals surface area (Å²) in [7, 11) is 0. The van der Waals surface area contributed by atoms with E-state index in [1.165, 1.54) is 12.1 Å². The Morgan fingerprint density at radius 2 is 2.29 bits per heavy atom. The summed E-state index contributed by atoms with van der Waals surface area (Å²) in [6, 6.07) is 3.84. The Morgan fingerprint density at radius 3 is 2.94 bits per heavy atom. The fourth-order valence-electron chi connectivity index (χ4n) is 2.23. The van der Waals surface area contributed by atoms with E-state index in [0.29, 0.717) is 23.6 Å². The van der Waals surface area contributed by atoms with Crippen LogP contribution in [-0.4, -0.2) is 28.6 Å². The molecule has 0 radical (unpaired) electrons. The number of halogens is 2. The van der Waals surface area contributed by atoms with E-state index in [-0.39, 0.29) is 0 Å². The summed E-state index contributed by atoms with van der Waals surface area (Å²) in [6.07, 6.45) is 1.51. The molecule has 1 saturated heterocycles. The van der Waals surface area contributed by atoms with Crippen LogP contribution in [-0.2, 0) is 11.3 Å². The highest BCUT2D eigenvalue weighted by molar-refractivity contribution is 6.30. The number of carbonyl (C=O) groups is 1. The van der Waals surface area contributed by atoms with Gasteiger partial charge in [-0.2, -0.15) is 0 Å². The van der Waals surface area contributed by atoms with Crippen LogP contribution in [0.4, 0.5) is 4.39 Å². The van der Waals surface area contributed by atoms with Crippen LogP contribution in [0.5, 0.6) is 0 Å². The Balaban J connectivity index is 2.12. The lowest BCUT2D eigenvalue weighted by Gasteiger charge is -2.21. The molecule has 17 heavy (non-hydrogen) atoms. The van der Waals surface area contributed by atoms with E-state index < -0.39 is 17.8 Å². The van der Waals surface area contributed by atoms with Gasteiger partial charge >= 0.3 is 5.97 Å². The second-order valence-corrected chi connectivity index (χ2v) is 4.68. The van der Waals surface area contributed by atoms with Crippen LogP contribution < -0.4 is 0 Å². The van der Waals surface area contributed by atoms with Gasteiger partial charge in [-0.3, -0.25) is 9.69 Å². The smallest absolute Gasteiger partial charge is 0.320 e. The van der Waals surface area contributed by atoms with Gasteiger partial charge in [-0.1, -0.05) is 11.6 Å². The highest BCUT2D eigenvalue weighted by Crippen LogP contribution is 2.22. The maximum absolute atomic E-state index is 13.1. The van der Waals surface area contributed by atoms with Gasteiger partial charge in [-0.25, -0.2) is 4.39 Å². The molecule has 3 nitrogen and oxygen atoms in total. The molecule has 0 amide bonds. The first kappa shape index (κ1) is 12.3. The van der Waals surface area contributed by atoms with Crippen LogP contribution in [0.1, 0.15) is 18.4 Å². The summed E-state index contributed by atoms with van der Waals surface area (Å²) in [4.78, 5) is 12.8. The lowest BCUT2D eigenvalue weighted by molar-refractivity contribution is -0.142. The van der Waals surface area contributed by atoms with Gasteiger partial charge in [0, 0.05) is 11.6 Å². The third kappa shape index (κ3) is 2.96. The molecule has 1 unspecified atom stereocenters. The number of likely N-dealkylation sites (tertiary alicyclic amines) is 1. The van der Waals surface area contributed by atoms with Crippen LogP contribution in [0.25, 0.3) is 0 Å². The maximum Gasteiger partial charge on any atom is 0.320 e. The molecule has 92 valence electrons. The van der Waals surface area contributed by atoms with Gasteiger partial charge in [0.15, 0.2) is 0 Å². The van der Waals surface area contributed by atoms with Crippen molar-refractivity contribution in [2.75, 3.05) is 6.54 Å². The topological polar surface area (TPSA) is 40.5 Å². The predicted molar refractivity (Wildman–Crippen MR) is 62.5 cm³/mol. The van der Waals surface area contributed by atoms with E-state index in [9.17, 15) is 9.18 Å². The average molecular weight is 258 g/mol. The number of aliphatic carboxylic acids is 1. The second kappa shape index (κ2) is 5.02. The van der Waals surface area contributed by atoms with Gasteiger partial charge in [-0.15, -0.1) is 0 Å². The van der Waals surface area contributed by atoms with E-state index in [4.69, 9.17) is 16.7 Å². The van der Waals surface area contributed by atoms with E-state index in [1.54, 1.807) is 6.07 Å². The number of carboxylic acid groups (broad SMARTS) is 1. The summed E-state index contributed by atoms with van der Waals surface area (Å²) >= 11 is 5.76.